The first kappa shape index (κ1) is 27.2. The lowest BCUT2D eigenvalue weighted by atomic mass is 9.86. The first-order valence-electron chi connectivity index (χ1n) is 13.5. The first-order valence-corrected chi connectivity index (χ1v) is 13.5. The van der Waals surface area contributed by atoms with Gasteiger partial charge in [-0.2, -0.15) is 0 Å². The van der Waals surface area contributed by atoms with Gasteiger partial charge in [0, 0.05) is 30.5 Å². The van der Waals surface area contributed by atoms with Gasteiger partial charge in [0.15, 0.2) is 6.10 Å². The molecular formula is C31H40FNO4. The number of ether oxygens (including phenoxy) is 3. The van der Waals surface area contributed by atoms with Crippen LogP contribution in [0.2, 0.25) is 0 Å². The molecule has 1 fully saturated rings. The van der Waals surface area contributed by atoms with Crippen molar-refractivity contribution >= 4 is 11.7 Å². The molecule has 1 N–H and O–H groups in total. The summed E-state index contributed by atoms with van der Waals surface area (Å²) in [5.41, 5.74) is 2.84. The highest BCUT2D eigenvalue weighted by Crippen LogP contribution is 2.45. The molecule has 200 valence electrons. The Kier molecular flexibility index (Phi) is 8.91. The van der Waals surface area contributed by atoms with Gasteiger partial charge in [-0.05, 0) is 75.9 Å². The van der Waals surface area contributed by atoms with Gasteiger partial charge < -0.3 is 19.5 Å². The van der Waals surface area contributed by atoms with Crippen molar-refractivity contribution in [2.75, 3.05) is 11.9 Å². The van der Waals surface area contributed by atoms with E-state index in [0.29, 0.717) is 19.1 Å². The molecule has 0 aromatic heterocycles. The molecule has 2 unspecified atom stereocenters. The summed E-state index contributed by atoms with van der Waals surface area (Å²) in [7, 11) is 0. The molecule has 2 atom stereocenters. The molecule has 0 bridgehead atoms. The lowest BCUT2D eigenvalue weighted by molar-refractivity contribution is -0.180. The third kappa shape index (κ3) is 7.35. The van der Waals surface area contributed by atoms with Crippen molar-refractivity contribution in [3.05, 3.63) is 71.1 Å². The lowest BCUT2D eigenvalue weighted by Crippen LogP contribution is -2.51. The standard InChI is InChI=1S/C31H40FNO4/c1-21(2)18-28(34)36-30-29(35-17-16-22-8-6-5-7-9-22)26-19-25(14-15-27(26)37-31(30,3)4)33-20-23-10-12-24(32)13-11-23/h10-15,18-19,22,29-30,33H,5-9,16-17,20H2,1-4H3. The van der Waals surface area contributed by atoms with E-state index >= 15 is 0 Å². The molecule has 2 aliphatic rings. The van der Waals surface area contributed by atoms with Gasteiger partial charge in [0.1, 0.15) is 23.3 Å². The lowest BCUT2D eigenvalue weighted by Gasteiger charge is -2.43. The van der Waals surface area contributed by atoms with Gasteiger partial charge in [-0.15, -0.1) is 0 Å². The third-order valence-electron chi connectivity index (χ3n) is 7.26. The molecule has 2 aromatic carbocycles. The van der Waals surface area contributed by atoms with Crippen LogP contribution in [0.25, 0.3) is 0 Å². The summed E-state index contributed by atoms with van der Waals surface area (Å²) < 4.78 is 32.2. The minimum atomic E-state index is -0.767. The van der Waals surface area contributed by atoms with E-state index in [1.807, 2.05) is 45.9 Å². The Bertz CT molecular complexity index is 1080. The van der Waals surface area contributed by atoms with Crippen molar-refractivity contribution in [3.63, 3.8) is 0 Å². The predicted octanol–water partition coefficient (Wildman–Crippen LogP) is 7.51. The number of fused-ring (bicyclic) bond motifs is 1. The maximum Gasteiger partial charge on any atom is 0.331 e. The van der Waals surface area contributed by atoms with Crippen molar-refractivity contribution in [2.45, 2.75) is 90.6 Å². The number of anilines is 1. The molecule has 37 heavy (non-hydrogen) atoms. The third-order valence-corrected chi connectivity index (χ3v) is 7.26. The second kappa shape index (κ2) is 12.1. The summed E-state index contributed by atoms with van der Waals surface area (Å²) in [4.78, 5) is 12.7. The van der Waals surface area contributed by atoms with Crippen molar-refractivity contribution in [3.8, 4) is 5.75 Å². The Morgan fingerprint density at radius 2 is 1.84 bits per heavy atom. The summed E-state index contributed by atoms with van der Waals surface area (Å²) in [6.07, 6.45) is 7.88. The highest BCUT2D eigenvalue weighted by Gasteiger charge is 2.47. The zero-order chi connectivity index (χ0) is 26.4. The van der Waals surface area contributed by atoms with E-state index in [9.17, 15) is 9.18 Å². The summed E-state index contributed by atoms with van der Waals surface area (Å²) in [5.74, 6) is 0.779. The number of halogens is 1. The normalized spacial score (nSPS) is 20.9. The zero-order valence-electron chi connectivity index (χ0n) is 22.5. The molecular weight excluding hydrogens is 469 g/mol. The maximum absolute atomic E-state index is 13.3. The number of hydrogen-bond acceptors (Lipinski definition) is 5. The average molecular weight is 510 g/mol. The van der Waals surface area contributed by atoms with Crippen molar-refractivity contribution < 1.29 is 23.4 Å². The maximum atomic E-state index is 13.3. The molecule has 1 heterocycles. The number of benzene rings is 2. The highest BCUT2D eigenvalue weighted by atomic mass is 19.1. The minimum Gasteiger partial charge on any atom is -0.483 e. The number of carbonyl (C=O) groups excluding carboxylic acids is 1. The topological polar surface area (TPSA) is 56.8 Å². The molecule has 0 saturated heterocycles. The van der Waals surface area contributed by atoms with Crippen LogP contribution >= 0.6 is 0 Å². The number of allylic oxidation sites excluding steroid dienone is 1. The van der Waals surface area contributed by atoms with Crippen LogP contribution in [-0.2, 0) is 20.8 Å². The molecule has 2 aromatic rings. The minimum absolute atomic E-state index is 0.251. The quantitative estimate of drug-likeness (QED) is 0.280. The fraction of sp³-hybridized carbons (Fsp3) is 0.516. The SMILES string of the molecule is CC(C)=CC(=O)OC1C(OCCC2CCCCC2)c2cc(NCc3ccc(F)cc3)ccc2OC1(C)C. The molecule has 0 spiro atoms. The van der Waals surface area contributed by atoms with E-state index < -0.39 is 23.8 Å². The Hall–Kier alpha value is -2.86. The van der Waals surface area contributed by atoms with Crippen molar-refractivity contribution in [2.24, 2.45) is 5.92 Å². The second-order valence-corrected chi connectivity index (χ2v) is 11.1. The first-order chi connectivity index (χ1) is 17.7. The summed E-state index contributed by atoms with van der Waals surface area (Å²) >= 11 is 0. The summed E-state index contributed by atoms with van der Waals surface area (Å²) in [6, 6.07) is 12.4. The number of carbonyl (C=O) groups is 1. The summed E-state index contributed by atoms with van der Waals surface area (Å²) in [5, 5.41) is 3.41. The smallest absolute Gasteiger partial charge is 0.331 e. The van der Waals surface area contributed by atoms with Crippen LogP contribution in [0.5, 0.6) is 5.75 Å². The number of nitrogens with one attached hydrogen (secondary N) is 1. The van der Waals surface area contributed by atoms with Crippen molar-refractivity contribution in [1.29, 1.82) is 0 Å². The molecule has 5 nitrogen and oxygen atoms in total. The van der Waals surface area contributed by atoms with E-state index in [0.717, 1.165) is 34.6 Å². The molecule has 1 aliphatic carbocycles. The number of rotatable bonds is 9. The predicted molar refractivity (Wildman–Crippen MR) is 144 cm³/mol. The van der Waals surface area contributed by atoms with Crippen molar-refractivity contribution in [1.82, 2.24) is 0 Å². The second-order valence-electron chi connectivity index (χ2n) is 11.1. The van der Waals surface area contributed by atoms with Crippen LogP contribution < -0.4 is 10.1 Å². The Morgan fingerprint density at radius 3 is 2.54 bits per heavy atom. The molecule has 0 amide bonds. The summed E-state index contributed by atoms with van der Waals surface area (Å²) in [6.45, 7) is 8.78. The molecule has 1 aliphatic heterocycles. The van der Waals surface area contributed by atoms with Crippen LogP contribution in [0, 0.1) is 11.7 Å². The highest BCUT2D eigenvalue weighted by molar-refractivity contribution is 5.83. The van der Waals surface area contributed by atoms with Crippen LogP contribution in [-0.4, -0.2) is 24.3 Å². The molecule has 0 radical (unpaired) electrons. The van der Waals surface area contributed by atoms with Crippen LogP contribution in [0.15, 0.2) is 54.1 Å². The van der Waals surface area contributed by atoms with E-state index in [1.54, 1.807) is 12.1 Å². The Morgan fingerprint density at radius 1 is 1.11 bits per heavy atom. The van der Waals surface area contributed by atoms with E-state index in [2.05, 4.69) is 5.32 Å². The number of hydrogen-bond donors (Lipinski definition) is 1. The monoisotopic (exact) mass is 509 g/mol. The molecule has 6 heteroatoms. The van der Waals surface area contributed by atoms with Gasteiger partial charge in [-0.25, -0.2) is 9.18 Å². The van der Waals surface area contributed by atoms with Gasteiger partial charge >= 0.3 is 5.97 Å². The Labute approximate surface area is 220 Å². The van der Waals surface area contributed by atoms with Crippen LogP contribution in [0.3, 0.4) is 0 Å². The van der Waals surface area contributed by atoms with Gasteiger partial charge in [0.2, 0.25) is 0 Å². The van der Waals surface area contributed by atoms with Gasteiger partial charge in [-0.3, -0.25) is 0 Å². The largest absolute Gasteiger partial charge is 0.483 e. The molecule has 1 saturated carbocycles. The Balaban J connectivity index is 1.56. The van der Waals surface area contributed by atoms with E-state index in [-0.39, 0.29) is 5.82 Å². The van der Waals surface area contributed by atoms with Gasteiger partial charge in [-0.1, -0.05) is 49.8 Å². The average Bonchev–Trinajstić information content (AvgIpc) is 2.85. The van der Waals surface area contributed by atoms with Crippen LogP contribution in [0.4, 0.5) is 10.1 Å². The van der Waals surface area contributed by atoms with E-state index in [1.165, 1.54) is 50.3 Å². The van der Waals surface area contributed by atoms with Gasteiger partial charge in [0.25, 0.3) is 0 Å². The fourth-order valence-corrected chi connectivity index (χ4v) is 5.26. The van der Waals surface area contributed by atoms with Crippen LogP contribution in [0.1, 0.15) is 83.5 Å². The van der Waals surface area contributed by atoms with Gasteiger partial charge in [0.05, 0.1) is 0 Å². The molecule has 4 rings (SSSR count). The van der Waals surface area contributed by atoms with E-state index in [4.69, 9.17) is 14.2 Å². The zero-order valence-corrected chi connectivity index (χ0v) is 22.5. The number of esters is 1. The fourth-order valence-electron chi connectivity index (χ4n) is 5.26.